The van der Waals surface area contributed by atoms with Gasteiger partial charge in [0.1, 0.15) is 0 Å². The second-order valence-corrected chi connectivity index (χ2v) is 7.07. The fraction of sp³-hybridized carbons (Fsp3) is 0.318. The van der Waals surface area contributed by atoms with Gasteiger partial charge in [-0.3, -0.25) is 4.79 Å². The van der Waals surface area contributed by atoms with Gasteiger partial charge in [0.2, 0.25) is 0 Å². The van der Waals surface area contributed by atoms with Gasteiger partial charge in [-0.25, -0.2) is 0 Å². The Morgan fingerprint density at radius 3 is 2.64 bits per heavy atom. The van der Waals surface area contributed by atoms with Gasteiger partial charge in [-0.1, -0.05) is 48.0 Å². The number of carboxylic acid groups (broad SMARTS) is 1. The van der Waals surface area contributed by atoms with Gasteiger partial charge >= 0.3 is 5.97 Å². The van der Waals surface area contributed by atoms with Crippen LogP contribution in [0.3, 0.4) is 0 Å². The van der Waals surface area contributed by atoms with E-state index < -0.39 is 11.9 Å². The highest BCUT2D eigenvalue weighted by Crippen LogP contribution is 2.39. The number of hydrogen-bond donors (Lipinski definition) is 2. The molecular weight excluding hydrogens is 310 g/mol. The van der Waals surface area contributed by atoms with E-state index >= 15 is 0 Å². The van der Waals surface area contributed by atoms with Crippen molar-refractivity contribution in [1.82, 2.24) is 5.32 Å². The maximum atomic E-state index is 11.9. The molecule has 0 amide bonds. The number of carbonyl (C=O) groups is 1. The third kappa shape index (κ3) is 2.89. The van der Waals surface area contributed by atoms with Crippen LogP contribution in [0.4, 0.5) is 0 Å². The summed E-state index contributed by atoms with van der Waals surface area (Å²) in [6.07, 6.45) is 2.64. The molecule has 0 radical (unpaired) electrons. The molecule has 3 nitrogen and oxygen atoms in total. The van der Waals surface area contributed by atoms with E-state index in [1.165, 1.54) is 27.8 Å². The molecule has 1 saturated heterocycles. The number of aliphatic carboxylic acids is 1. The molecule has 2 N–H and O–H groups in total. The van der Waals surface area contributed by atoms with E-state index in [9.17, 15) is 9.90 Å². The van der Waals surface area contributed by atoms with Gasteiger partial charge in [0.15, 0.2) is 0 Å². The standard InChI is InChI=1S/C22H23NO2/c1-14-6-7-16-9-8-15-4-2-3-5-17(15)21(19(16)12-14)20-13-23-11-10-18(20)22(24)25/h2-7,12,18,23H,8-11,13H2,1H3,(H,24,25). The van der Waals surface area contributed by atoms with Gasteiger partial charge in [0.25, 0.3) is 0 Å². The highest BCUT2D eigenvalue weighted by Gasteiger charge is 2.31. The molecule has 0 saturated carbocycles. The first-order valence-electron chi connectivity index (χ1n) is 9.00. The summed E-state index contributed by atoms with van der Waals surface area (Å²) < 4.78 is 0. The Labute approximate surface area is 148 Å². The summed E-state index contributed by atoms with van der Waals surface area (Å²) in [7, 11) is 0. The molecule has 1 fully saturated rings. The third-order valence-corrected chi connectivity index (χ3v) is 5.45. The highest BCUT2D eigenvalue weighted by molar-refractivity contribution is 5.90. The van der Waals surface area contributed by atoms with E-state index in [0.29, 0.717) is 13.0 Å². The summed E-state index contributed by atoms with van der Waals surface area (Å²) in [5, 5.41) is 13.2. The summed E-state index contributed by atoms with van der Waals surface area (Å²) in [6, 6.07) is 15.1. The van der Waals surface area contributed by atoms with Crippen LogP contribution >= 0.6 is 0 Å². The monoisotopic (exact) mass is 333 g/mol. The van der Waals surface area contributed by atoms with E-state index in [4.69, 9.17) is 0 Å². The molecule has 2 aromatic carbocycles. The molecule has 1 heterocycles. The van der Waals surface area contributed by atoms with E-state index in [2.05, 4.69) is 54.7 Å². The molecule has 2 aromatic rings. The molecule has 128 valence electrons. The van der Waals surface area contributed by atoms with E-state index in [1.54, 1.807) is 0 Å². The van der Waals surface area contributed by atoms with Crippen LogP contribution in [0, 0.1) is 12.8 Å². The average Bonchev–Trinajstić information content (AvgIpc) is 2.78. The molecule has 1 aliphatic heterocycles. The molecule has 3 heteroatoms. The Hall–Kier alpha value is -2.39. The van der Waals surface area contributed by atoms with Crippen molar-refractivity contribution >= 4 is 11.5 Å². The van der Waals surface area contributed by atoms with Crippen LogP contribution in [0.2, 0.25) is 0 Å². The van der Waals surface area contributed by atoms with Gasteiger partial charge in [-0.05, 0) is 66.1 Å². The lowest BCUT2D eigenvalue weighted by Crippen LogP contribution is -2.35. The topological polar surface area (TPSA) is 49.3 Å². The minimum Gasteiger partial charge on any atom is -0.481 e. The minimum absolute atomic E-state index is 0.407. The maximum absolute atomic E-state index is 11.9. The van der Waals surface area contributed by atoms with Crippen LogP contribution in [0.5, 0.6) is 0 Å². The molecule has 4 rings (SSSR count). The normalized spacial score (nSPS) is 22.7. The van der Waals surface area contributed by atoms with Crippen molar-refractivity contribution in [3.05, 3.63) is 75.9 Å². The van der Waals surface area contributed by atoms with E-state index in [-0.39, 0.29) is 0 Å². The summed E-state index contributed by atoms with van der Waals surface area (Å²) >= 11 is 0. The van der Waals surface area contributed by atoms with Crippen molar-refractivity contribution < 1.29 is 9.90 Å². The average molecular weight is 333 g/mol. The van der Waals surface area contributed by atoms with Gasteiger partial charge < -0.3 is 10.4 Å². The van der Waals surface area contributed by atoms with Crippen LogP contribution < -0.4 is 5.32 Å². The Morgan fingerprint density at radius 1 is 1.08 bits per heavy atom. The second kappa shape index (κ2) is 6.49. The van der Waals surface area contributed by atoms with Gasteiger partial charge in [-0.15, -0.1) is 0 Å². The zero-order valence-corrected chi connectivity index (χ0v) is 14.5. The van der Waals surface area contributed by atoms with Crippen molar-refractivity contribution in [2.45, 2.75) is 26.2 Å². The van der Waals surface area contributed by atoms with Crippen LogP contribution in [0.15, 0.2) is 48.0 Å². The summed E-state index contributed by atoms with van der Waals surface area (Å²) in [5.74, 6) is -1.12. The zero-order valence-electron chi connectivity index (χ0n) is 14.5. The summed E-state index contributed by atoms with van der Waals surface area (Å²) in [4.78, 5) is 11.9. The second-order valence-electron chi connectivity index (χ2n) is 7.07. The van der Waals surface area contributed by atoms with E-state index in [1.807, 2.05) is 0 Å². The molecule has 0 spiro atoms. The molecule has 1 atom stereocenters. The quantitative estimate of drug-likeness (QED) is 0.838. The Balaban J connectivity index is 2.04. The Kier molecular flexibility index (Phi) is 4.18. The minimum atomic E-state index is -0.708. The number of fused-ring (bicyclic) bond motifs is 2. The number of benzene rings is 2. The van der Waals surface area contributed by atoms with Crippen molar-refractivity contribution in [1.29, 1.82) is 0 Å². The molecular formula is C22H23NO2. The zero-order chi connectivity index (χ0) is 17.4. The summed E-state index contributed by atoms with van der Waals surface area (Å²) in [5.41, 5.74) is 8.44. The van der Waals surface area contributed by atoms with Gasteiger partial charge in [0.05, 0.1) is 5.92 Å². The Bertz CT molecular complexity index is 866. The SMILES string of the molecule is Cc1ccc2c(c1)C(=C1CNCCC1C(=O)O)c1ccccc1CC2. The first-order chi connectivity index (χ1) is 12.1. The third-order valence-electron chi connectivity index (χ3n) is 5.45. The van der Waals surface area contributed by atoms with Crippen molar-refractivity contribution in [3.63, 3.8) is 0 Å². The predicted octanol–water partition coefficient (Wildman–Crippen LogP) is 3.59. The smallest absolute Gasteiger partial charge is 0.310 e. The lowest BCUT2D eigenvalue weighted by atomic mass is 9.81. The number of aryl methyl sites for hydroxylation is 3. The van der Waals surface area contributed by atoms with Gasteiger partial charge in [0, 0.05) is 6.54 Å². The van der Waals surface area contributed by atoms with Crippen LogP contribution in [0.25, 0.3) is 5.57 Å². The largest absolute Gasteiger partial charge is 0.481 e. The van der Waals surface area contributed by atoms with Crippen molar-refractivity contribution in [2.75, 3.05) is 13.1 Å². The lowest BCUT2D eigenvalue weighted by molar-refractivity contribution is -0.140. The fourth-order valence-electron chi connectivity index (χ4n) is 4.19. The number of rotatable bonds is 1. The van der Waals surface area contributed by atoms with Crippen LogP contribution in [-0.2, 0) is 17.6 Å². The first-order valence-corrected chi connectivity index (χ1v) is 9.00. The number of carboxylic acids is 1. The first kappa shape index (κ1) is 16.1. The Morgan fingerprint density at radius 2 is 1.84 bits per heavy atom. The molecule has 1 aliphatic carbocycles. The van der Waals surface area contributed by atoms with Crippen LogP contribution in [0.1, 0.15) is 34.2 Å². The summed E-state index contributed by atoms with van der Waals surface area (Å²) in [6.45, 7) is 3.51. The molecule has 25 heavy (non-hydrogen) atoms. The molecule has 0 aromatic heterocycles. The lowest BCUT2D eigenvalue weighted by Gasteiger charge is -2.27. The number of hydrogen-bond acceptors (Lipinski definition) is 2. The van der Waals surface area contributed by atoms with Crippen LogP contribution in [-0.4, -0.2) is 24.2 Å². The number of piperidine rings is 1. The number of nitrogens with one attached hydrogen (secondary N) is 1. The molecule has 0 bridgehead atoms. The highest BCUT2D eigenvalue weighted by atomic mass is 16.4. The fourth-order valence-corrected chi connectivity index (χ4v) is 4.19. The van der Waals surface area contributed by atoms with E-state index in [0.717, 1.165) is 30.5 Å². The van der Waals surface area contributed by atoms with Gasteiger partial charge in [-0.2, -0.15) is 0 Å². The molecule has 2 aliphatic rings. The maximum Gasteiger partial charge on any atom is 0.310 e. The van der Waals surface area contributed by atoms with Crippen molar-refractivity contribution in [2.24, 2.45) is 5.92 Å². The molecule has 1 unspecified atom stereocenters. The predicted molar refractivity (Wildman–Crippen MR) is 99.7 cm³/mol. The van der Waals surface area contributed by atoms with Crippen molar-refractivity contribution in [3.8, 4) is 0 Å².